The molecule has 2 aliphatic rings. The molecule has 2 saturated carbocycles. The van der Waals surface area contributed by atoms with Gasteiger partial charge in [-0.15, -0.1) is 0 Å². The third-order valence-corrected chi connectivity index (χ3v) is 5.08. The SMILES string of the molecule is CCC1CCC(NCc2ccccc2C2CC2)CC1. The normalized spacial score (nSPS) is 27.4. The molecule has 0 saturated heterocycles. The minimum Gasteiger partial charge on any atom is -0.310 e. The Kier molecular flexibility index (Phi) is 4.22. The molecule has 1 aromatic carbocycles. The lowest BCUT2D eigenvalue weighted by molar-refractivity contribution is 0.285. The molecule has 1 N–H and O–H groups in total. The molecule has 0 atom stereocenters. The Labute approximate surface area is 117 Å². The van der Waals surface area contributed by atoms with E-state index >= 15 is 0 Å². The van der Waals surface area contributed by atoms with Crippen LogP contribution in [0.3, 0.4) is 0 Å². The predicted octanol–water partition coefficient (Wildman–Crippen LogP) is 4.62. The highest BCUT2D eigenvalue weighted by Crippen LogP contribution is 2.41. The van der Waals surface area contributed by atoms with Crippen LogP contribution in [-0.2, 0) is 6.54 Å². The molecule has 0 spiro atoms. The smallest absolute Gasteiger partial charge is 0.0210 e. The largest absolute Gasteiger partial charge is 0.310 e. The second-order valence-electron chi connectivity index (χ2n) is 6.48. The van der Waals surface area contributed by atoms with Crippen LogP contribution in [0.5, 0.6) is 0 Å². The summed E-state index contributed by atoms with van der Waals surface area (Å²) in [5.41, 5.74) is 3.15. The summed E-state index contributed by atoms with van der Waals surface area (Å²) in [6.07, 6.45) is 9.79. The van der Waals surface area contributed by atoms with Crippen molar-refractivity contribution >= 4 is 0 Å². The first-order valence-electron chi connectivity index (χ1n) is 8.18. The quantitative estimate of drug-likeness (QED) is 0.811. The van der Waals surface area contributed by atoms with E-state index in [1.807, 2.05) is 0 Å². The summed E-state index contributed by atoms with van der Waals surface area (Å²) in [7, 11) is 0. The lowest BCUT2D eigenvalue weighted by atomic mass is 9.84. The van der Waals surface area contributed by atoms with E-state index in [1.165, 1.54) is 44.9 Å². The molecule has 1 nitrogen and oxygen atoms in total. The lowest BCUT2D eigenvalue weighted by Gasteiger charge is -2.28. The fourth-order valence-electron chi connectivity index (χ4n) is 3.52. The molecule has 0 amide bonds. The van der Waals surface area contributed by atoms with E-state index in [0.717, 1.165) is 24.4 Å². The van der Waals surface area contributed by atoms with Crippen LogP contribution in [-0.4, -0.2) is 6.04 Å². The van der Waals surface area contributed by atoms with Crippen molar-refractivity contribution in [2.45, 2.75) is 70.4 Å². The van der Waals surface area contributed by atoms with Gasteiger partial charge >= 0.3 is 0 Å². The van der Waals surface area contributed by atoms with Crippen LogP contribution in [0.25, 0.3) is 0 Å². The van der Waals surface area contributed by atoms with Crippen LogP contribution < -0.4 is 5.32 Å². The zero-order valence-corrected chi connectivity index (χ0v) is 12.2. The molecule has 0 aromatic heterocycles. The van der Waals surface area contributed by atoms with E-state index in [4.69, 9.17) is 0 Å². The van der Waals surface area contributed by atoms with Crippen molar-refractivity contribution in [1.29, 1.82) is 0 Å². The topological polar surface area (TPSA) is 12.0 Å². The summed E-state index contributed by atoms with van der Waals surface area (Å²) >= 11 is 0. The lowest BCUT2D eigenvalue weighted by Crippen LogP contribution is -2.32. The van der Waals surface area contributed by atoms with Crippen molar-refractivity contribution in [1.82, 2.24) is 5.32 Å². The molecule has 1 aromatic rings. The highest BCUT2D eigenvalue weighted by atomic mass is 14.9. The van der Waals surface area contributed by atoms with Crippen LogP contribution in [0.1, 0.15) is 68.9 Å². The zero-order valence-electron chi connectivity index (χ0n) is 12.2. The van der Waals surface area contributed by atoms with E-state index in [1.54, 1.807) is 11.1 Å². The zero-order chi connectivity index (χ0) is 13.1. The van der Waals surface area contributed by atoms with Gasteiger partial charge in [-0.25, -0.2) is 0 Å². The summed E-state index contributed by atoms with van der Waals surface area (Å²) in [5.74, 6) is 1.87. The maximum absolute atomic E-state index is 3.81. The van der Waals surface area contributed by atoms with Crippen molar-refractivity contribution in [3.63, 3.8) is 0 Å². The Hall–Kier alpha value is -0.820. The maximum atomic E-state index is 3.81. The molecule has 0 radical (unpaired) electrons. The van der Waals surface area contributed by atoms with Crippen molar-refractivity contribution < 1.29 is 0 Å². The van der Waals surface area contributed by atoms with Gasteiger partial charge in [0.05, 0.1) is 0 Å². The molecular formula is C18H27N. The van der Waals surface area contributed by atoms with Gasteiger partial charge in [0.25, 0.3) is 0 Å². The van der Waals surface area contributed by atoms with Crippen LogP contribution in [0, 0.1) is 5.92 Å². The van der Waals surface area contributed by atoms with Gasteiger partial charge in [-0.05, 0) is 61.5 Å². The predicted molar refractivity (Wildman–Crippen MR) is 81.3 cm³/mol. The first kappa shape index (κ1) is 13.2. The van der Waals surface area contributed by atoms with Crippen molar-refractivity contribution in [2.75, 3.05) is 0 Å². The van der Waals surface area contributed by atoms with Gasteiger partial charge < -0.3 is 5.32 Å². The molecular weight excluding hydrogens is 230 g/mol. The van der Waals surface area contributed by atoms with E-state index in [-0.39, 0.29) is 0 Å². The molecule has 0 unspecified atom stereocenters. The first-order chi connectivity index (χ1) is 9.36. The average molecular weight is 257 g/mol. The Balaban J connectivity index is 1.52. The van der Waals surface area contributed by atoms with Crippen LogP contribution in [0.15, 0.2) is 24.3 Å². The molecule has 19 heavy (non-hydrogen) atoms. The number of rotatable bonds is 5. The summed E-state index contributed by atoms with van der Waals surface area (Å²) in [5, 5.41) is 3.81. The van der Waals surface area contributed by atoms with Crippen molar-refractivity contribution in [3.05, 3.63) is 35.4 Å². The summed E-state index contributed by atoms with van der Waals surface area (Å²) in [6, 6.07) is 9.80. The fourth-order valence-corrected chi connectivity index (χ4v) is 3.52. The summed E-state index contributed by atoms with van der Waals surface area (Å²) < 4.78 is 0. The van der Waals surface area contributed by atoms with Crippen molar-refractivity contribution in [3.8, 4) is 0 Å². The highest BCUT2D eigenvalue weighted by Gasteiger charge is 2.26. The molecule has 2 fully saturated rings. The van der Waals surface area contributed by atoms with Gasteiger partial charge in [0.1, 0.15) is 0 Å². The standard InChI is InChI=1S/C18H27N/c1-2-14-7-11-17(12-8-14)19-13-16-5-3-4-6-18(16)15-9-10-15/h3-6,14-15,17,19H,2,7-13H2,1H3. The second-order valence-corrected chi connectivity index (χ2v) is 6.48. The summed E-state index contributed by atoms with van der Waals surface area (Å²) in [4.78, 5) is 0. The Morgan fingerprint density at radius 1 is 1.00 bits per heavy atom. The number of nitrogens with one attached hydrogen (secondary N) is 1. The van der Waals surface area contributed by atoms with Crippen LogP contribution in [0.2, 0.25) is 0 Å². The van der Waals surface area contributed by atoms with E-state index in [9.17, 15) is 0 Å². The van der Waals surface area contributed by atoms with Crippen molar-refractivity contribution in [2.24, 2.45) is 5.92 Å². The monoisotopic (exact) mass is 257 g/mol. The summed E-state index contributed by atoms with van der Waals surface area (Å²) in [6.45, 7) is 3.42. The number of benzene rings is 1. The van der Waals surface area contributed by atoms with Crippen LogP contribution in [0.4, 0.5) is 0 Å². The number of hydrogen-bond donors (Lipinski definition) is 1. The molecule has 3 rings (SSSR count). The maximum Gasteiger partial charge on any atom is 0.0210 e. The third kappa shape index (κ3) is 3.39. The Morgan fingerprint density at radius 2 is 1.74 bits per heavy atom. The molecule has 104 valence electrons. The fraction of sp³-hybridized carbons (Fsp3) is 0.667. The molecule has 2 aliphatic carbocycles. The van der Waals surface area contributed by atoms with E-state index < -0.39 is 0 Å². The second kappa shape index (κ2) is 6.09. The molecule has 0 bridgehead atoms. The van der Waals surface area contributed by atoms with E-state index in [0.29, 0.717) is 0 Å². The van der Waals surface area contributed by atoms with Crippen LogP contribution >= 0.6 is 0 Å². The third-order valence-electron chi connectivity index (χ3n) is 5.08. The van der Waals surface area contributed by atoms with E-state index in [2.05, 4.69) is 36.5 Å². The van der Waals surface area contributed by atoms with Gasteiger partial charge in [-0.1, -0.05) is 37.6 Å². The molecule has 1 heteroatoms. The minimum absolute atomic E-state index is 0.759. The van der Waals surface area contributed by atoms with Gasteiger partial charge in [-0.2, -0.15) is 0 Å². The highest BCUT2D eigenvalue weighted by molar-refractivity contribution is 5.33. The Bertz CT molecular complexity index is 400. The molecule has 0 aliphatic heterocycles. The molecule has 0 heterocycles. The van der Waals surface area contributed by atoms with Gasteiger partial charge in [0.15, 0.2) is 0 Å². The van der Waals surface area contributed by atoms with Gasteiger partial charge in [-0.3, -0.25) is 0 Å². The average Bonchev–Trinajstić information content (AvgIpc) is 3.30. The first-order valence-corrected chi connectivity index (χ1v) is 8.18. The number of hydrogen-bond acceptors (Lipinski definition) is 1. The Morgan fingerprint density at radius 3 is 2.42 bits per heavy atom. The van der Waals surface area contributed by atoms with Gasteiger partial charge in [0.2, 0.25) is 0 Å². The van der Waals surface area contributed by atoms with Gasteiger partial charge in [0, 0.05) is 12.6 Å². The minimum atomic E-state index is 0.759.